The Morgan fingerprint density at radius 2 is 1.85 bits per heavy atom. The van der Waals surface area contributed by atoms with E-state index >= 15 is 0 Å². The highest BCUT2D eigenvalue weighted by atomic mass is 19.1. The average Bonchev–Trinajstić information content (AvgIpc) is 3.65. The van der Waals surface area contributed by atoms with Gasteiger partial charge in [-0.05, 0) is 60.7 Å². The minimum Gasteiger partial charge on any atom is -0.366 e. The van der Waals surface area contributed by atoms with E-state index in [2.05, 4.69) is 20.4 Å². The number of rotatable bonds is 9. The zero-order valence-corrected chi connectivity index (χ0v) is 21.0. The Hall–Kier alpha value is -4.48. The molecular weight excluding hydrogens is 508 g/mol. The number of nitrogens with two attached hydrogens (primary N) is 1. The summed E-state index contributed by atoms with van der Waals surface area (Å²) in [6, 6.07) is 9.51. The van der Waals surface area contributed by atoms with Crippen LogP contribution in [0, 0.1) is 17.5 Å². The summed E-state index contributed by atoms with van der Waals surface area (Å²) in [4.78, 5) is 33.9. The third kappa shape index (κ3) is 6.00. The van der Waals surface area contributed by atoms with Gasteiger partial charge in [-0.2, -0.15) is 5.10 Å². The number of aromatic nitrogens is 4. The fraction of sp³-hybridized carbons (Fsp3) is 0.222. The van der Waals surface area contributed by atoms with Crippen LogP contribution < -0.4 is 16.8 Å². The first kappa shape index (κ1) is 26.1. The number of pyridine rings is 1. The number of hydrogen-bond donors (Lipinski definition) is 2. The molecule has 12 heteroatoms. The molecule has 2 amide bonds. The Labute approximate surface area is 222 Å². The van der Waals surface area contributed by atoms with E-state index in [-0.39, 0.29) is 24.4 Å². The van der Waals surface area contributed by atoms with E-state index in [1.807, 2.05) is 0 Å². The number of carbonyl (C=O) groups is 2. The van der Waals surface area contributed by atoms with Gasteiger partial charge in [0.2, 0.25) is 5.91 Å². The van der Waals surface area contributed by atoms with Gasteiger partial charge in [0.15, 0.2) is 7.85 Å². The van der Waals surface area contributed by atoms with E-state index in [0.29, 0.717) is 28.1 Å². The molecule has 0 spiro atoms. The highest BCUT2D eigenvalue weighted by Crippen LogP contribution is 2.38. The van der Waals surface area contributed by atoms with Crippen LogP contribution in [0.1, 0.15) is 52.2 Å². The van der Waals surface area contributed by atoms with Crippen LogP contribution in [-0.4, -0.2) is 39.4 Å². The van der Waals surface area contributed by atoms with Crippen LogP contribution in [0.25, 0.3) is 11.1 Å². The zero-order chi connectivity index (χ0) is 27.7. The van der Waals surface area contributed by atoms with Crippen molar-refractivity contribution in [2.45, 2.75) is 37.8 Å². The van der Waals surface area contributed by atoms with Crippen LogP contribution in [0.3, 0.4) is 0 Å². The predicted octanol–water partition coefficient (Wildman–Crippen LogP) is 2.09. The lowest BCUT2D eigenvalue weighted by atomic mass is 9.94. The van der Waals surface area contributed by atoms with Crippen molar-refractivity contribution in [2.24, 2.45) is 5.73 Å². The van der Waals surface area contributed by atoms with E-state index in [0.717, 1.165) is 30.8 Å². The highest BCUT2D eigenvalue weighted by Gasteiger charge is 2.30. The molecule has 2 heterocycles. The minimum atomic E-state index is -0.936. The van der Waals surface area contributed by atoms with Gasteiger partial charge in [0, 0.05) is 23.7 Å². The maximum atomic E-state index is 14.2. The summed E-state index contributed by atoms with van der Waals surface area (Å²) < 4.78 is 43.8. The summed E-state index contributed by atoms with van der Waals surface area (Å²) in [5, 5.41) is 7.27. The van der Waals surface area contributed by atoms with Gasteiger partial charge in [-0.1, -0.05) is 12.1 Å². The highest BCUT2D eigenvalue weighted by molar-refractivity contribution is 6.28. The lowest BCUT2D eigenvalue weighted by Crippen LogP contribution is -2.34. The fourth-order valence-electron chi connectivity index (χ4n) is 4.61. The standard InChI is InChI=1S/C27H24BF3N6O2/c28-27-35-26(15-3-4-15)37(36-27)13-23(38)34-22(10-14-8-17(29)12-18(30)9-14)24-19(2-1-7-33-24)16-5-6-21(31)20(11-16)25(32)39/h1-2,5-9,11-12,15,22H,3-4,10,13,28H2,(H2,32,39)(H,34,38)/t22-/m0/s1. The molecule has 1 atom stereocenters. The van der Waals surface area contributed by atoms with Crippen LogP contribution in [0.5, 0.6) is 0 Å². The molecule has 198 valence electrons. The van der Waals surface area contributed by atoms with Crippen molar-refractivity contribution in [3.8, 4) is 11.1 Å². The van der Waals surface area contributed by atoms with Crippen molar-refractivity contribution >= 4 is 25.4 Å². The molecule has 2 aromatic heterocycles. The molecule has 1 aliphatic rings. The summed E-state index contributed by atoms with van der Waals surface area (Å²) in [6.45, 7) is -0.106. The lowest BCUT2D eigenvalue weighted by molar-refractivity contribution is -0.122. The Balaban J connectivity index is 1.51. The molecule has 1 saturated carbocycles. The van der Waals surface area contributed by atoms with Gasteiger partial charge in [-0.25, -0.2) is 22.8 Å². The van der Waals surface area contributed by atoms with Crippen molar-refractivity contribution in [3.05, 3.63) is 94.8 Å². The lowest BCUT2D eigenvalue weighted by Gasteiger charge is -2.22. The molecule has 0 unspecified atom stereocenters. The van der Waals surface area contributed by atoms with Gasteiger partial charge in [0.05, 0.1) is 17.3 Å². The van der Waals surface area contributed by atoms with E-state index in [4.69, 9.17) is 5.73 Å². The SMILES string of the molecule is Bc1nc(C2CC2)n(CC(=O)N[C@@H](Cc2cc(F)cc(F)c2)c2ncccc2-c2ccc(F)c(C(N)=O)c2)n1. The number of amides is 2. The van der Waals surface area contributed by atoms with Crippen LogP contribution in [0.15, 0.2) is 54.7 Å². The number of halogens is 3. The molecule has 3 N–H and O–H groups in total. The first-order chi connectivity index (χ1) is 18.7. The normalized spacial score (nSPS) is 13.7. The third-order valence-corrected chi connectivity index (χ3v) is 6.45. The molecule has 1 aliphatic carbocycles. The largest absolute Gasteiger partial charge is 0.366 e. The van der Waals surface area contributed by atoms with Gasteiger partial charge in [0.25, 0.3) is 5.91 Å². The van der Waals surface area contributed by atoms with Gasteiger partial charge >= 0.3 is 0 Å². The Kier molecular flexibility index (Phi) is 7.18. The maximum absolute atomic E-state index is 14.2. The molecule has 2 aromatic carbocycles. The van der Waals surface area contributed by atoms with Crippen molar-refractivity contribution in [1.29, 1.82) is 0 Å². The maximum Gasteiger partial charge on any atom is 0.251 e. The Morgan fingerprint density at radius 3 is 2.54 bits per heavy atom. The summed E-state index contributed by atoms with van der Waals surface area (Å²) in [7, 11) is 1.75. The Morgan fingerprint density at radius 1 is 1.10 bits per heavy atom. The quantitative estimate of drug-likeness (QED) is 0.321. The van der Waals surface area contributed by atoms with Gasteiger partial charge in [-0.15, -0.1) is 0 Å². The summed E-state index contributed by atoms with van der Waals surface area (Å²) in [5.41, 5.74) is 7.16. The number of carbonyl (C=O) groups excluding carboxylic acids is 2. The van der Waals surface area contributed by atoms with Crippen molar-refractivity contribution < 1.29 is 22.8 Å². The minimum absolute atomic E-state index is 0.000170. The van der Waals surface area contributed by atoms with Crippen LogP contribution in [0.4, 0.5) is 13.2 Å². The van der Waals surface area contributed by atoms with Crippen molar-refractivity contribution in [1.82, 2.24) is 25.1 Å². The van der Waals surface area contributed by atoms with Crippen LogP contribution >= 0.6 is 0 Å². The second-order valence-corrected chi connectivity index (χ2v) is 9.55. The fourth-order valence-corrected chi connectivity index (χ4v) is 4.61. The molecule has 0 saturated heterocycles. The smallest absolute Gasteiger partial charge is 0.251 e. The molecule has 39 heavy (non-hydrogen) atoms. The topological polar surface area (TPSA) is 116 Å². The molecule has 8 nitrogen and oxygen atoms in total. The Bertz CT molecular complexity index is 1550. The number of nitrogens with zero attached hydrogens (tertiary/aromatic N) is 4. The third-order valence-electron chi connectivity index (χ3n) is 6.45. The summed E-state index contributed by atoms with van der Waals surface area (Å²) >= 11 is 0. The molecule has 0 bridgehead atoms. The van der Waals surface area contributed by atoms with Gasteiger partial charge in [-0.3, -0.25) is 14.6 Å². The summed E-state index contributed by atoms with van der Waals surface area (Å²) in [5.74, 6) is -2.61. The molecule has 0 aliphatic heterocycles. The molecule has 0 radical (unpaired) electrons. The monoisotopic (exact) mass is 532 g/mol. The number of primary amides is 1. The van der Waals surface area contributed by atoms with E-state index < -0.39 is 35.3 Å². The number of benzene rings is 2. The molecular formula is C27H24BF3N6O2. The summed E-state index contributed by atoms with van der Waals surface area (Å²) in [6.07, 6.45) is 3.47. The van der Waals surface area contributed by atoms with E-state index in [1.54, 1.807) is 24.7 Å². The predicted molar refractivity (Wildman–Crippen MR) is 139 cm³/mol. The number of nitrogens with one attached hydrogen (secondary N) is 1. The zero-order valence-electron chi connectivity index (χ0n) is 21.0. The van der Waals surface area contributed by atoms with Crippen molar-refractivity contribution in [2.75, 3.05) is 0 Å². The first-order valence-corrected chi connectivity index (χ1v) is 12.4. The second kappa shape index (κ2) is 10.7. The second-order valence-electron chi connectivity index (χ2n) is 9.55. The average molecular weight is 532 g/mol. The molecule has 4 aromatic rings. The first-order valence-electron chi connectivity index (χ1n) is 12.4. The van der Waals surface area contributed by atoms with Crippen molar-refractivity contribution in [3.63, 3.8) is 0 Å². The van der Waals surface area contributed by atoms with E-state index in [9.17, 15) is 22.8 Å². The van der Waals surface area contributed by atoms with Gasteiger partial charge in [0.1, 0.15) is 35.5 Å². The molecule has 1 fully saturated rings. The van der Waals surface area contributed by atoms with E-state index in [1.165, 1.54) is 30.5 Å². The molecule has 5 rings (SSSR count). The van der Waals surface area contributed by atoms with Gasteiger partial charge < -0.3 is 11.1 Å². The van der Waals surface area contributed by atoms with Crippen LogP contribution in [-0.2, 0) is 17.8 Å². The van der Waals surface area contributed by atoms with Crippen LogP contribution in [0.2, 0.25) is 0 Å². The number of hydrogen-bond acceptors (Lipinski definition) is 5.